The summed E-state index contributed by atoms with van der Waals surface area (Å²) < 4.78 is 34.0. The Morgan fingerprint density at radius 3 is 2.29 bits per heavy atom. The molecular weight excluding hydrogens is 356 g/mol. The standard InChI is InChI=1S/C16H19ClO6S/c1-5-22-9-12(10(3)18)15(19)11-7-8-13(24(4,20)21)16(14(11)17)23-6-2/h7-9H,5-6H2,1-4H3/b12-9-. The smallest absolute Gasteiger partial charge is 0.201 e. The lowest BCUT2D eigenvalue weighted by Gasteiger charge is -2.14. The van der Waals surface area contributed by atoms with Crippen LogP contribution < -0.4 is 4.74 Å². The summed E-state index contributed by atoms with van der Waals surface area (Å²) in [4.78, 5) is 24.1. The summed E-state index contributed by atoms with van der Waals surface area (Å²) in [6, 6.07) is 2.49. The van der Waals surface area contributed by atoms with Gasteiger partial charge >= 0.3 is 0 Å². The van der Waals surface area contributed by atoms with Gasteiger partial charge in [0.05, 0.1) is 30.1 Å². The molecule has 0 saturated carbocycles. The first-order valence-corrected chi connectivity index (χ1v) is 9.44. The summed E-state index contributed by atoms with van der Waals surface area (Å²) in [7, 11) is -3.60. The Morgan fingerprint density at radius 2 is 1.83 bits per heavy atom. The van der Waals surface area contributed by atoms with Gasteiger partial charge in [-0.3, -0.25) is 9.59 Å². The highest BCUT2D eigenvalue weighted by Crippen LogP contribution is 2.36. The highest BCUT2D eigenvalue weighted by molar-refractivity contribution is 7.90. The number of benzene rings is 1. The van der Waals surface area contributed by atoms with E-state index in [1.165, 1.54) is 19.1 Å². The zero-order chi connectivity index (χ0) is 18.5. The minimum atomic E-state index is -3.60. The third-order valence-electron chi connectivity index (χ3n) is 2.99. The molecular formula is C16H19ClO6S. The number of ether oxygens (including phenoxy) is 2. The van der Waals surface area contributed by atoms with Crippen molar-refractivity contribution in [2.75, 3.05) is 19.5 Å². The number of halogens is 1. The Labute approximate surface area is 146 Å². The third kappa shape index (κ3) is 4.58. The van der Waals surface area contributed by atoms with Crippen LogP contribution >= 0.6 is 11.6 Å². The molecule has 0 unspecified atom stereocenters. The molecule has 6 nitrogen and oxygen atoms in total. The molecule has 0 spiro atoms. The van der Waals surface area contributed by atoms with Crippen molar-refractivity contribution in [2.24, 2.45) is 0 Å². The summed E-state index contributed by atoms with van der Waals surface area (Å²) in [6.07, 6.45) is 2.09. The molecule has 0 aliphatic rings. The molecule has 0 aliphatic heterocycles. The molecule has 0 aliphatic carbocycles. The van der Waals surface area contributed by atoms with Gasteiger partial charge < -0.3 is 9.47 Å². The van der Waals surface area contributed by atoms with Gasteiger partial charge in [-0.15, -0.1) is 0 Å². The molecule has 0 atom stereocenters. The number of rotatable bonds is 8. The highest BCUT2D eigenvalue weighted by Gasteiger charge is 2.26. The summed E-state index contributed by atoms with van der Waals surface area (Å²) >= 11 is 6.19. The van der Waals surface area contributed by atoms with Crippen LogP contribution in [-0.2, 0) is 19.4 Å². The molecule has 8 heteroatoms. The Morgan fingerprint density at radius 1 is 1.21 bits per heavy atom. The average Bonchev–Trinajstić information content (AvgIpc) is 2.48. The van der Waals surface area contributed by atoms with Crippen molar-refractivity contribution in [2.45, 2.75) is 25.7 Å². The van der Waals surface area contributed by atoms with Crippen molar-refractivity contribution < 1.29 is 27.5 Å². The molecule has 0 amide bonds. The van der Waals surface area contributed by atoms with Crippen LogP contribution in [0.2, 0.25) is 5.02 Å². The number of carbonyl (C=O) groups is 2. The largest absolute Gasteiger partial charge is 0.501 e. The van der Waals surface area contributed by atoms with Crippen molar-refractivity contribution in [1.82, 2.24) is 0 Å². The van der Waals surface area contributed by atoms with Crippen molar-refractivity contribution >= 4 is 33.0 Å². The normalized spacial score (nSPS) is 12.0. The Hall–Kier alpha value is -1.86. The second-order valence-corrected chi connectivity index (χ2v) is 7.19. The lowest BCUT2D eigenvalue weighted by atomic mass is 10.0. The lowest BCUT2D eigenvalue weighted by Crippen LogP contribution is -2.13. The lowest BCUT2D eigenvalue weighted by molar-refractivity contribution is -0.113. The second kappa shape index (κ2) is 8.30. The van der Waals surface area contributed by atoms with Crippen molar-refractivity contribution in [3.8, 4) is 5.75 Å². The van der Waals surface area contributed by atoms with E-state index in [4.69, 9.17) is 21.1 Å². The fourth-order valence-electron chi connectivity index (χ4n) is 1.89. The van der Waals surface area contributed by atoms with E-state index in [1.807, 2.05) is 0 Å². The number of Topliss-reactive ketones (excluding diaryl/α,β-unsaturated/α-hetero) is 2. The number of hydrogen-bond acceptors (Lipinski definition) is 6. The molecule has 0 N–H and O–H groups in total. The molecule has 0 fully saturated rings. The molecule has 0 radical (unpaired) electrons. The van der Waals surface area contributed by atoms with Crippen molar-refractivity contribution in [3.05, 3.63) is 34.6 Å². The van der Waals surface area contributed by atoms with E-state index >= 15 is 0 Å². The Bertz CT molecular complexity index is 780. The first kappa shape index (κ1) is 20.2. The van der Waals surface area contributed by atoms with Gasteiger partial charge in [-0.25, -0.2) is 8.42 Å². The van der Waals surface area contributed by atoms with Gasteiger partial charge in [0.15, 0.2) is 21.4 Å². The van der Waals surface area contributed by atoms with Crippen LogP contribution in [0, 0.1) is 0 Å². The van der Waals surface area contributed by atoms with Gasteiger partial charge in [0.1, 0.15) is 4.90 Å². The minimum Gasteiger partial charge on any atom is -0.501 e. The first-order valence-electron chi connectivity index (χ1n) is 7.17. The predicted molar refractivity (Wildman–Crippen MR) is 90.5 cm³/mol. The van der Waals surface area contributed by atoms with Crippen molar-refractivity contribution in [1.29, 1.82) is 0 Å². The van der Waals surface area contributed by atoms with E-state index in [9.17, 15) is 18.0 Å². The molecule has 1 rings (SSSR count). The maximum Gasteiger partial charge on any atom is 0.201 e. The number of sulfone groups is 1. The maximum absolute atomic E-state index is 12.6. The zero-order valence-corrected chi connectivity index (χ0v) is 15.5. The molecule has 1 aromatic rings. The monoisotopic (exact) mass is 374 g/mol. The number of allylic oxidation sites excluding steroid dienone is 1. The highest BCUT2D eigenvalue weighted by atomic mass is 35.5. The summed E-state index contributed by atoms with van der Waals surface area (Å²) in [6.45, 7) is 5.04. The van der Waals surface area contributed by atoms with Crippen LogP contribution in [-0.4, -0.2) is 39.5 Å². The molecule has 0 saturated heterocycles. The molecule has 0 aromatic heterocycles. The van der Waals surface area contributed by atoms with E-state index in [0.717, 1.165) is 12.5 Å². The molecule has 24 heavy (non-hydrogen) atoms. The van der Waals surface area contributed by atoms with Crippen LogP contribution in [0.4, 0.5) is 0 Å². The van der Waals surface area contributed by atoms with Crippen LogP contribution in [0.25, 0.3) is 0 Å². The average molecular weight is 375 g/mol. The van der Waals surface area contributed by atoms with E-state index in [2.05, 4.69) is 0 Å². The van der Waals surface area contributed by atoms with E-state index in [1.54, 1.807) is 13.8 Å². The zero-order valence-electron chi connectivity index (χ0n) is 13.9. The molecule has 0 bridgehead atoms. The van der Waals surface area contributed by atoms with Gasteiger partial charge in [0, 0.05) is 11.8 Å². The van der Waals surface area contributed by atoms with Gasteiger partial charge in [-0.05, 0) is 32.9 Å². The van der Waals surface area contributed by atoms with Crippen molar-refractivity contribution in [3.63, 3.8) is 0 Å². The Balaban J connectivity index is 3.53. The van der Waals surface area contributed by atoms with Crippen LogP contribution in [0.5, 0.6) is 5.75 Å². The molecule has 0 heterocycles. The SMILES string of the molecule is CCO/C=C(/C(C)=O)C(=O)c1ccc(S(C)(=O)=O)c(OCC)c1Cl. The van der Waals surface area contributed by atoms with Gasteiger partial charge in [-0.2, -0.15) is 0 Å². The second-order valence-electron chi connectivity index (χ2n) is 4.83. The van der Waals surface area contributed by atoms with Gasteiger partial charge in [0.25, 0.3) is 0 Å². The molecule has 132 valence electrons. The summed E-state index contributed by atoms with van der Waals surface area (Å²) in [5.41, 5.74) is -0.220. The number of carbonyl (C=O) groups excluding carboxylic acids is 2. The predicted octanol–water partition coefficient (Wildman–Crippen LogP) is 2.83. The Kier molecular flexibility index (Phi) is 6.98. The molecule has 1 aromatic carbocycles. The third-order valence-corrected chi connectivity index (χ3v) is 4.48. The van der Waals surface area contributed by atoms with Crippen LogP contribution in [0.15, 0.2) is 28.9 Å². The fourth-order valence-corrected chi connectivity index (χ4v) is 3.07. The number of hydrogen-bond donors (Lipinski definition) is 0. The van der Waals surface area contributed by atoms with E-state index < -0.39 is 21.4 Å². The van der Waals surface area contributed by atoms with E-state index in [-0.39, 0.29) is 40.0 Å². The summed E-state index contributed by atoms with van der Waals surface area (Å²) in [5, 5.41) is -0.159. The van der Waals surface area contributed by atoms with Crippen LogP contribution in [0.1, 0.15) is 31.1 Å². The quantitative estimate of drug-likeness (QED) is 0.228. The first-order chi connectivity index (χ1) is 11.1. The fraction of sp³-hybridized carbons (Fsp3) is 0.375. The van der Waals surface area contributed by atoms with Crippen LogP contribution in [0.3, 0.4) is 0 Å². The minimum absolute atomic E-state index is 0.0336. The number of ketones is 2. The van der Waals surface area contributed by atoms with Gasteiger partial charge in [-0.1, -0.05) is 11.6 Å². The topological polar surface area (TPSA) is 86.7 Å². The maximum atomic E-state index is 12.6. The van der Waals surface area contributed by atoms with E-state index in [0.29, 0.717) is 0 Å². The van der Waals surface area contributed by atoms with Gasteiger partial charge in [0.2, 0.25) is 5.78 Å². The summed E-state index contributed by atoms with van der Waals surface area (Å²) in [5.74, 6) is -1.26.